The van der Waals surface area contributed by atoms with Crippen molar-refractivity contribution in [3.8, 4) is 0 Å². The first-order valence-corrected chi connectivity index (χ1v) is 14.2. The Hall–Kier alpha value is -3.12. The molecule has 42 heavy (non-hydrogen) atoms. The number of carbonyl (C=O) groups excluding carboxylic acids is 4. The molecule has 1 aromatic carbocycles. The van der Waals surface area contributed by atoms with Gasteiger partial charge in [-0.15, -0.1) is 0 Å². The second kappa shape index (κ2) is 9.97. The number of hydrogen-bond acceptors (Lipinski definition) is 11. The maximum atomic E-state index is 14.8. The predicted molar refractivity (Wildman–Crippen MR) is 144 cm³/mol. The van der Waals surface area contributed by atoms with Crippen LogP contribution in [0.3, 0.4) is 0 Å². The molecule has 11 nitrogen and oxygen atoms in total. The first-order chi connectivity index (χ1) is 19.5. The van der Waals surface area contributed by atoms with Gasteiger partial charge in [0, 0.05) is 38.0 Å². The third-order valence-corrected chi connectivity index (χ3v) is 10.2. The standard InChI is InChI=1S/C31H38O11/c1-15-19(34)13-31(38)26(41-27(37)18-10-8-7-9-11-18)24-29(6,20(35)12-21-30(24,14-39-21)42-17(3)33)25(36)23(40-16(2)32)22(15)28(31,4)5/h7-11,15,19-21,24,26,34-35,38H,12-14H2,1-6H3/t15?,19?,20?,21?,24?,26?,29-,30+,31?/m1/s1. The van der Waals surface area contributed by atoms with Crippen molar-refractivity contribution in [2.45, 2.75) is 90.0 Å². The first kappa shape index (κ1) is 30.3. The zero-order valence-electron chi connectivity index (χ0n) is 24.6. The summed E-state index contributed by atoms with van der Waals surface area (Å²) in [5.41, 5.74) is -6.73. The van der Waals surface area contributed by atoms with Crippen molar-refractivity contribution in [1.29, 1.82) is 0 Å². The molecule has 0 amide bonds. The highest BCUT2D eigenvalue weighted by atomic mass is 16.6. The molecule has 7 unspecified atom stereocenters. The highest BCUT2D eigenvalue weighted by Gasteiger charge is 2.77. The number of benzene rings is 1. The van der Waals surface area contributed by atoms with Crippen molar-refractivity contribution in [2.75, 3.05) is 6.61 Å². The van der Waals surface area contributed by atoms with Gasteiger partial charge >= 0.3 is 17.9 Å². The molecule has 1 saturated heterocycles. The van der Waals surface area contributed by atoms with Crippen molar-refractivity contribution in [3.05, 3.63) is 47.2 Å². The third kappa shape index (κ3) is 4.08. The molecule has 0 aromatic heterocycles. The van der Waals surface area contributed by atoms with Crippen LogP contribution in [0, 0.1) is 22.7 Å². The number of carbonyl (C=O) groups is 4. The van der Waals surface area contributed by atoms with Crippen LogP contribution in [0.15, 0.2) is 41.7 Å². The number of hydrogen-bond donors (Lipinski definition) is 3. The van der Waals surface area contributed by atoms with Gasteiger partial charge in [-0.3, -0.25) is 14.4 Å². The zero-order valence-corrected chi connectivity index (χ0v) is 24.6. The number of ketones is 1. The third-order valence-electron chi connectivity index (χ3n) is 10.2. The van der Waals surface area contributed by atoms with Gasteiger partial charge in [0.15, 0.2) is 11.4 Å². The van der Waals surface area contributed by atoms with Crippen molar-refractivity contribution in [3.63, 3.8) is 0 Å². The summed E-state index contributed by atoms with van der Waals surface area (Å²) in [6.07, 6.45) is -5.61. The van der Waals surface area contributed by atoms with Crippen LogP contribution in [-0.2, 0) is 33.3 Å². The molecule has 4 aliphatic rings. The molecule has 0 spiro atoms. The van der Waals surface area contributed by atoms with E-state index in [1.807, 2.05) is 0 Å². The topological polar surface area (TPSA) is 166 Å². The number of allylic oxidation sites excluding steroid dienone is 1. The molecule has 1 aliphatic heterocycles. The van der Waals surface area contributed by atoms with Crippen molar-refractivity contribution in [2.24, 2.45) is 22.7 Å². The van der Waals surface area contributed by atoms with Crippen molar-refractivity contribution < 1.29 is 53.4 Å². The number of aliphatic hydroxyl groups excluding tert-OH is 2. The van der Waals surface area contributed by atoms with Gasteiger partial charge in [-0.05, 0) is 24.6 Å². The maximum Gasteiger partial charge on any atom is 0.338 e. The van der Waals surface area contributed by atoms with E-state index in [0.717, 1.165) is 6.92 Å². The fourth-order valence-corrected chi connectivity index (χ4v) is 7.89. The van der Waals surface area contributed by atoms with Crippen LogP contribution in [0.25, 0.3) is 0 Å². The Kier molecular flexibility index (Phi) is 7.20. The van der Waals surface area contributed by atoms with E-state index in [9.17, 15) is 34.5 Å². The van der Waals surface area contributed by atoms with E-state index in [0.29, 0.717) is 0 Å². The van der Waals surface area contributed by atoms with Crippen LogP contribution in [0.1, 0.15) is 64.7 Å². The predicted octanol–water partition coefficient (Wildman–Crippen LogP) is 1.86. The summed E-state index contributed by atoms with van der Waals surface area (Å²) >= 11 is 0. The summed E-state index contributed by atoms with van der Waals surface area (Å²) in [7, 11) is 0. The molecular formula is C31H38O11. The molecule has 5 rings (SSSR count). The lowest BCUT2D eigenvalue weighted by molar-refractivity contribution is -0.345. The smallest absolute Gasteiger partial charge is 0.338 e. The fraction of sp³-hybridized carbons (Fsp3) is 0.613. The van der Waals surface area contributed by atoms with Crippen LogP contribution in [-0.4, -0.2) is 81.2 Å². The highest BCUT2D eigenvalue weighted by molar-refractivity contribution is 6.02. The average molecular weight is 587 g/mol. The van der Waals surface area contributed by atoms with E-state index in [1.54, 1.807) is 39.0 Å². The van der Waals surface area contributed by atoms with Gasteiger partial charge in [0.05, 0.1) is 35.7 Å². The number of rotatable bonds is 4. The molecule has 0 radical (unpaired) electrons. The summed E-state index contributed by atoms with van der Waals surface area (Å²) in [6.45, 7) is 8.45. The monoisotopic (exact) mass is 586 g/mol. The van der Waals surface area contributed by atoms with E-state index >= 15 is 0 Å². The number of esters is 3. The Bertz CT molecular complexity index is 1350. The van der Waals surface area contributed by atoms with Crippen molar-refractivity contribution in [1.82, 2.24) is 0 Å². The quantitative estimate of drug-likeness (QED) is 0.348. The van der Waals surface area contributed by atoms with Crippen molar-refractivity contribution >= 4 is 23.7 Å². The van der Waals surface area contributed by atoms with Gasteiger partial charge in [-0.2, -0.15) is 0 Å². The summed E-state index contributed by atoms with van der Waals surface area (Å²) in [5.74, 6) is -5.67. The lowest BCUT2D eigenvalue weighted by atomic mass is 9.45. The van der Waals surface area contributed by atoms with E-state index in [1.165, 1.54) is 26.0 Å². The minimum atomic E-state index is -2.11. The number of aliphatic hydroxyl groups is 3. The lowest BCUT2D eigenvalue weighted by Crippen LogP contribution is -2.81. The van der Waals surface area contributed by atoms with Crippen LogP contribution >= 0.6 is 0 Å². The van der Waals surface area contributed by atoms with E-state index in [2.05, 4.69) is 0 Å². The Morgan fingerprint density at radius 3 is 2.21 bits per heavy atom. The molecule has 1 aromatic rings. The molecule has 228 valence electrons. The Balaban J connectivity index is 1.86. The minimum Gasteiger partial charge on any atom is -0.455 e. The molecule has 2 saturated carbocycles. The fourth-order valence-electron chi connectivity index (χ4n) is 7.89. The van der Waals surface area contributed by atoms with Crippen LogP contribution < -0.4 is 0 Å². The van der Waals surface area contributed by atoms with Crippen LogP contribution in [0.5, 0.6) is 0 Å². The normalized spacial score (nSPS) is 40.4. The zero-order chi connectivity index (χ0) is 31.0. The summed E-state index contributed by atoms with van der Waals surface area (Å²) in [5, 5.41) is 35.8. The summed E-state index contributed by atoms with van der Waals surface area (Å²) in [6, 6.07) is 8.05. The van der Waals surface area contributed by atoms with E-state index in [4.69, 9.17) is 18.9 Å². The molecule has 11 heteroatoms. The van der Waals surface area contributed by atoms with Gasteiger partial charge < -0.3 is 34.3 Å². The molecule has 1 heterocycles. The Morgan fingerprint density at radius 1 is 1.02 bits per heavy atom. The Labute approximate surface area is 243 Å². The molecule has 2 bridgehead atoms. The molecule has 9 atom stereocenters. The number of fused-ring (bicyclic) bond motifs is 5. The Morgan fingerprint density at radius 2 is 1.67 bits per heavy atom. The lowest BCUT2D eigenvalue weighted by Gasteiger charge is -2.67. The summed E-state index contributed by atoms with van der Waals surface area (Å²) in [4.78, 5) is 53.4. The number of ether oxygens (including phenoxy) is 4. The molecule has 3 fully saturated rings. The van der Waals surface area contributed by atoms with Gasteiger partial charge in [0.25, 0.3) is 0 Å². The largest absolute Gasteiger partial charge is 0.455 e. The second-order valence-corrected chi connectivity index (χ2v) is 12.8. The van der Waals surface area contributed by atoms with Gasteiger partial charge in [-0.1, -0.05) is 39.0 Å². The number of Topliss-reactive ketones (excluding diaryl/α,β-unsaturated/α-hetero) is 1. The molecule has 3 N–H and O–H groups in total. The SMILES string of the molecule is CC(=O)OC1=C2C(C)C(O)CC(O)(C(OC(=O)c3ccccc3)C3[C@]4(OC(C)=O)COC4CC(O)[C@@]3(C)C1=O)C2(C)C. The second-order valence-electron chi connectivity index (χ2n) is 12.8. The minimum absolute atomic E-state index is 0.117. The van der Waals surface area contributed by atoms with E-state index < -0.39 is 87.7 Å². The van der Waals surface area contributed by atoms with Crippen LogP contribution in [0.4, 0.5) is 0 Å². The molecule has 3 aliphatic carbocycles. The summed E-state index contributed by atoms with van der Waals surface area (Å²) < 4.78 is 23.4. The van der Waals surface area contributed by atoms with E-state index in [-0.39, 0.29) is 30.6 Å². The van der Waals surface area contributed by atoms with Gasteiger partial charge in [0.1, 0.15) is 17.8 Å². The van der Waals surface area contributed by atoms with Gasteiger partial charge in [0.2, 0.25) is 5.78 Å². The maximum absolute atomic E-state index is 14.8. The molecular weight excluding hydrogens is 548 g/mol. The highest BCUT2D eigenvalue weighted by Crippen LogP contribution is 2.64. The van der Waals surface area contributed by atoms with Gasteiger partial charge in [-0.25, -0.2) is 4.79 Å². The average Bonchev–Trinajstić information content (AvgIpc) is 2.90. The van der Waals surface area contributed by atoms with Crippen LogP contribution in [0.2, 0.25) is 0 Å². The first-order valence-electron chi connectivity index (χ1n) is 14.2.